The fourth-order valence-electron chi connectivity index (χ4n) is 5.75. The first kappa shape index (κ1) is 22.4. The Labute approximate surface area is 204 Å². The van der Waals surface area contributed by atoms with Gasteiger partial charge in [-0.05, 0) is 37.6 Å². The third kappa shape index (κ3) is 3.17. The quantitative estimate of drug-likeness (QED) is 0.466. The van der Waals surface area contributed by atoms with Gasteiger partial charge in [-0.15, -0.1) is 0 Å². The molecule has 36 heavy (non-hydrogen) atoms. The largest absolute Gasteiger partial charge is 0.372 e. The number of carbonyl (C=O) groups is 3. The molecule has 0 radical (unpaired) electrons. The van der Waals surface area contributed by atoms with Crippen LogP contribution in [0, 0.1) is 11.2 Å². The number of nitrogens with one attached hydrogen (secondary N) is 3. The molecule has 3 unspecified atom stereocenters. The second kappa shape index (κ2) is 7.98. The average Bonchev–Trinajstić information content (AvgIpc) is 3.24. The van der Waals surface area contributed by atoms with Gasteiger partial charge in [-0.1, -0.05) is 11.2 Å². The Morgan fingerprint density at radius 2 is 2.00 bits per heavy atom. The lowest BCUT2D eigenvalue weighted by atomic mass is 9.66. The fourth-order valence-corrected chi connectivity index (χ4v) is 5.75. The summed E-state index contributed by atoms with van der Waals surface area (Å²) in [5.41, 5.74) is -0.303. The molecule has 2 fully saturated rings. The maximum atomic E-state index is 16.1. The highest BCUT2D eigenvalue weighted by molar-refractivity contribution is 6.20. The summed E-state index contributed by atoms with van der Waals surface area (Å²) in [4.78, 5) is 44.4. The Balaban J connectivity index is 1.49. The molecule has 6 rings (SSSR count). The number of hydrogen-bond acceptors (Lipinski definition) is 9. The van der Waals surface area contributed by atoms with Gasteiger partial charge >= 0.3 is 6.03 Å². The van der Waals surface area contributed by atoms with Crippen molar-refractivity contribution < 1.29 is 28.0 Å². The van der Waals surface area contributed by atoms with Gasteiger partial charge in [-0.25, -0.2) is 9.18 Å². The number of rotatable bonds is 3. The summed E-state index contributed by atoms with van der Waals surface area (Å²) >= 11 is 0. The van der Waals surface area contributed by atoms with Crippen molar-refractivity contribution in [1.82, 2.24) is 20.8 Å². The number of aromatic nitrogens is 2. The molecular weight excluding hydrogens is 471 g/mol. The molecule has 11 nitrogen and oxygen atoms in total. The van der Waals surface area contributed by atoms with E-state index >= 15 is 4.39 Å². The van der Waals surface area contributed by atoms with Crippen LogP contribution in [0.25, 0.3) is 11.0 Å². The molecule has 3 N–H and O–H groups in total. The Kier molecular flexibility index (Phi) is 4.97. The number of pyridine rings is 1. The summed E-state index contributed by atoms with van der Waals surface area (Å²) in [5, 5.41) is 12.0. The molecular formula is C24H23FN6O5. The van der Waals surface area contributed by atoms with Gasteiger partial charge in [0.25, 0.3) is 0 Å². The van der Waals surface area contributed by atoms with Crippen molar-refractivity contribution >= 4 is 40.3 Å². The number of benzene rings is 1. The van der Waals surface area contributed by atoms with E-state index in [1.807, 2.05) is 19.1 Å². The summed E-state index contributed by atoms with van der Waals surface area (Å²) in [5.74, 6) is -1.79. The maximum Gasteiger partial charge on any atom is 0.328 e. The van der Waals surface area contributed by atoms with Crippen molar-refractivity contribution in [2.24, 2.45) is 5.41 Å². The van der Waals surface area contributed by atoms with E-state index in [4.69, 9.17) is 9.26 Å². The van der Waals surface area contributed by atoms with Crippen LogP contribution in [-0.2, 0) is 27.3 Å². The molecule has 0 aliphatic carbocycles. The van der Waals surface area contributed by atoms with Gasteiger partial charge in [0.15, 0.2) is 17.1 Å². The minimum atomic E-state index is -1.70. The number of morpholine rings is 1. The second-order valence-corrected chi connectivity index (χ2v) is 9.42. The van der Waals surface area contributed by atoms with Gasteiger partial charge in [-0.2, -0.15) is 0 Å². The van der Waals surface area contributed by atoms with Gasteiger partial charge in [-0.3, -0.25) is 25.2 Å². The van der Waals surface area contributed by atoms with Crippen molar-refractivity contribution in [3.05, 3.63) is 47.5 Å². The molecule has 0 bridgehead atoms. The van der Waals surface area contributed by atoms with Crippen LogP contribution in [0.15, 0.2) is 35.0 Å². The minimum Gasteiger partial charge on any atom is -0.372 e. The molecule has 3 aliphatic heterocycles. The van der Waals surface area contributed by atoms with Crippen LogP contribution >= 0.6 is 0 Å². The smallest absolute Gasteiger partial charge is 0.328 e. The number of amides is 4. The third-order valence-corrected chi connectivity index (χ3v) is 7.13. The number of nitrogens with zero attached hydrogens (tertiary/aromatic N) is 3. The Bertz CT molecular complexity index is 1390. The molecule has 0 saturated carbocycles. The third-order valence-electron chi connectivity index (χ3n) is 7.13. The lowest BCUT2D eigenvalue weighted by molar-refractivity contribution is -0.153. The van der Waals surface area contributed by atoms with Gasteiger partial charge in [0.2, 0.25) is 17.4 Å². The molecule has 186 valence electrons. The topological polar surface area (TPSA) is 139 Å². The molecule has 2 aromatic heterocycles. The van der Waals surface area contributed by atoms with Gasteiger partial charge in [0.05, 0.1) is 41.6 Å². The summed E-state index contributed by atoms with van der Waals surface area (Å²) in [6.07, 6.45) is 0.635. The van der Waals surface area contributed by atoms with Crippen LogP contribution in [0.5, 0.6) is 0 Å². The summed E-state index contributed by atoms with van der Waals surface area (Å²) in [7, 11) is 0. The normalized spacial score (nSPS) is 24.8. The average molecular weight is 494 g/mol. The number of fused-ring (bicyclic) bond motifs is 5. The number of anilines is 2. The van der Waals surface area contributed by atoms with E-state index in [1.54, 1.807) is 30.2 Å². The van der Waals surface area contributed by atoms with Crippen LogP contribution < -0.4 is 20.9 Å². The van der Waals surface area contributed by atoms with E-state index in [0.29, 0.717) is 23.3 Å². The number of hydrogen-bond donors (Lipinski definition) is 3. The van der Waals surface area contributed by atoms with Crippen LogP contribution in [0.1, 0.15) is 25.1 Å². The molecule has 1 spiro atoms. The van der Waals surface area contributed by atoms with E-state index < -0.39 is 41.2 Å². The Hall–Kier alpha value is -4.06. The highest BCUT2D eigenvalue weighted by Crippen LogP contribution is 2.49. The number of urea groups is 1. The molecule has 2 saturated heterocycles. The predicted octanol–water partition coefficient (Wildman–Crippen LogP) is 1.86. The highest BCUT2D eigenvalue weighted by Gasteiger charge is 2.63. The molecule has 3 aromatic rings. The zero-order valence-electron chi connectivity index (χ0n) is 19.5. The zero-order chi connectivity index (χ0) is 25.2. The van der Waals surface area contributed by atoms with E-state index in [9.17, 15) is 14.4 Å². The monoisotopic (exact) mass is 494 g/mol. The first-order chi connectivity index (χ1) is 17.3. The summed E-state index contributed by atoms with van der Waals surface area (Å²) < 4.78 is 27.4. The molecule has 4 amide bonds. The zero-order valence-corrected chi connectivity index (χ0v) is 19.5. The first-order valence-corrected chi connectivity index (χ1v) is 11.6. The summed E-state index contributed by atoms with van der Waals surface area (Å²) in [6.45, 7) is 4.14. The van der Waals surface area contributed by atoms with Crippen LogP contribution in [0.2, 0.25) is 0 Å². The Morgan fingerprint density at radius 1 is 1.22 bits per heavy atom. The number of barbiturate groups is 1. The van der Waals surface area contributed by atoms with Crippen molar-refractivity contribution in [2.75, 3.05) is 16.8 Å². The predicted molar refractivity (Wildman–Crippen MR) is 124 cm³/mol. The molecule has 5 heterocycles. The van der Waals surface area contributed by atoms with Gasteiger partial charge in [0, 0.05) is 19.2 Å². The van der Waals surface area contributed by atoms with E-state index in [0.717, 1.165) is 5.69 Å². The van der Waals surface area contributed by atoms with Crippen LogP contribution in [-0.4, -0.2) is 52.8 Å². The van der Waals surface area contributed by atoms with Crippen LogP contribution in [0.4, 0.5) is 20.7 Å². The van der Waals surface area contributed by atoms with E-state index in [2.05, 4.69) is 26.1 Å². The molecule has 12 heteroatoms. The number of ether oxygens (including phenoxy) is 1. The first-order valence-electron chi connectivity index (χ1n) is 11.6. The van der Waals surface area contributed by atoms with Crippen LogP contribution in [0.3, 0.4) is 0 Å². The summed E-state index contributed by atoms with van der Waals surface area (Å²) in [6, 6.07) is 5.46. The van der Waals surface area contributed by atoms with E-state index in [-0.39, 0.29) is 30.3 Å². The highest BCUT2D eigenvalue weighted by atomic mass is 19.1. The standard InChI is InChI=1S/C24H23FN6O5/c1-11-10-31-17-13(8-24(19(31)12(2)35-11)21(32)28-23(34)29-22(24)33)7-15-18(16(17)25)36-30-20(15)27-9-14-5-3-4-6-26-14/h3-7,11-12,19H,8-10H2,1-2H3,(H,27,30)(H2,28,29,32,33,34). The van der Waals surface area contributed by atoms with Crippen molar-refractivity contribution in [2.45, 2.75) is 45.1 Å². The molecule has 3 aliphatic rings. The van der Waals surface area contributed by atoms with E-state index in [1.165, 1.54) is 0 Å². The second-order valence-electron chi connectivity index (χ2n) is 9.42. The number of halogens is 1. The number of imide groups is 2. The molecule has 3 atom stereocenters. The number of carbonyl (C=O) groups excluding carboxylic acids is 3. The van der Waals surface area contributed by atoms with Crippen molar-refractivity contribution in [3.63, 3.8) is 0 Å². The van der Waals surface area contributed by atoms with Gasteiger partial charge < -0.3 is 19.5 Å². The Morgan fingerprint density at radius 3 is 2.72 bits per heavy atom. The maximum absolute atomic E-state index is 16.1. The fraction of sp³-hybridized carbons (Fsp3) is 0.375. The molecule has 1 aromatic carbocycles. The lowest BCUT2D eigenvalue weighted by Gasteiger charge is -2.55. The lowest BCUT2D eigenvalue weighted by Crippen LogP contribution is -2.75. The van der Waals surface area contributed by atoms with Gasteiger partial charge in [0.1, 0.15) is 0 Å². The van der Waals surface area contributed by atoms with Crippen molar-refractivity contribution in [3.8, 4) is 0 Å². The SMILES string of the molecule is CC1CN2c3c(cc4c(NCc5ccccn5)noc4c3F)CC3(C(=O)NC(=O)NC3=O)C2C(C)O1. The minimum absolute atomic E-state index is 0.0357. The van der Waals surface area contributed by atoms with Crippen molar-refractivity contribution in [1.29, 1.82) is 0 Å².